The largest absolute Gasteiger partial charge is 0.326 e. The Kier molecular flexibility index (Phi) is 2.40. The Morgan fingerprint density at radius 3 is 3.00 bits per heavy atom. The standard InChI is InChI=1S/C11H16N2O/c1-8(2)11(14)9-7-12-10-5-3-4-6-13(9)10/h7-8H,3-6H2,1-2H3. The number of rotatable bonds is 2. The molecule has 0 saturated heterocycles. The number of aryl methyl sites for hydroxylation is 1. The molecule has 3 heteroatoms. The molecule has 76 valence electrons. The highest BCUT2D eigenvalue weighted by molar-refractivity contribution is 5.95. The van der Waals surface area contributed by atoms with E-state index in [1.165, 1.54) is 12.8 Å². The zero-order chi connectivity index (χ0) is 10.1. The second-order valence-electron chi connectivity index (χ2n) is 4.19. The summed E-state index contributed by atoms with van der Waals surface area (Å²) in [6.07, 6.45) is 5.13. The van der Waals surface area contributed by atoms with Crippen molar-refractivity contribution in [1.82, 2.24) is 9.55 Å². The fourth-order valence-electron chi connectivity index (χ4n) is 1.91. The Balaban J connectivity index is 2.35. The molecule has 0 radical (unpaired) electrons. The van der Waals surface area contributed by atoms with Crippen LogP contribution in [0.5, 0.6) is 0 Å². The highest BCUT2D eigenvalue weighted by atomic mass is 16.1. The summed E-state index contributed by atoms with van der Waals surface area (Å²) >= 11 is 0. The summed E-state index contributed by atoms with van der Waals surface area (Å²) in [5, 5.41) is 0. The van der Waals surface area contributed by atoms with E-state index in [1.54, 1.807) is 6.20 Å². The van der Waals surface area contributed by atoms with Gasteiger partial charge in [-0.3, -0.25) is 4.79 Å². The number of carbonyl (C=O) groups excluding carboxylic acids is 1. The molecule has 1 aliphatic rings. The summed E-state index contributed by atoms with van der Waals surface area (Å²) in [6.45, 7) is 4.83. The van der Waals surface area contributed by atoms with Gasteiger partial charge in [-0.05, 0) is 12.8 Å². The molecular formula is C11H16N2O. The molecule has 2 rings (SSSR count). The minimum atomic E-state index is 0.0673. The minimum absolute atomic E-state index is 0.0673. The summed E-state index contributed by atoms with van der Waals surface area (Å²) in [4.78, 5) is 16.1. The van der Waals surface area contributed by atoms with Gasteiger partial charge in [0, 0.05) is 18.9 Å². The van der Waals surface area contributed by atoms with Crippen molar-refractivity contribution >= 4 is 5.78 Å². The number of nitrogens with zero attached hydrogens (tertiary/aromatic N) is 2. The van der Waals surface area contributed by atoms with E-state index in [4.69, 9.17) is 0 Å². The Morgan fingerprint density at radius 2 is 2.29 bits per heavy atom. The third-order valence-corrected chi connectivity index (χ3v) is 2.75. The number of Topliss-reactive ketones (excluding diaryl/α,β-unsaturated/α-hetero) is 1. The Hall–Kier alpha value is -1.12. The van der Waals surface area contributed by atoms with Crippen LogP contribution < -0.4 is 0 Å². The van der Waals surface area contributed by atoms with Crippen LogP contribution in [-0.2, 0) is 13.0 Å². The molecule has 0 spiro atoms. The number of carbonyl (C=O) groups is 1. The van der Waals surface area contributed by atoms with Crippen LogP contribution in [0.2, 0.25) is 0 Å². The van der Waals surface area contributed by atoms with E-state index >= 15 is 0 Å². The SMILES string of the molecule is CC(C)C(=O)c1cnc2n1CCCC2. The molecule has 0 bridgehead atoms. The second-order valence-corrected chi connectivity index (χ2v) is 4.19. The lowest BCUT2D eigenvalue weighted by molar-refractivity contribution is 0.0929. The van der Waals surface area contributed by atoms with Crippen LogP contribution in [0.25, 0.3) is 0 Å². The maximum Gasteiger partial charge on any atom is 0.183 e. The third-order valence-electron chi connectivity index (χ3n) is 2.75. The van der Waals surface area contributed by atoms with Crippen LogP contribution in [0.3, 0.4) is 0 Å². The monoisotopic (exact) mass is 192 g/mol. The molecule has 14 heavy (non-hydrogen) atoms. The predicted molar refractivity (Wildman–Crippen MR) is 54.3 cm³/mol. The van der Waals surface area contributed by atoms with Crippen LogP contribution in [0.15, 0.2) is 6.20 Å². The summed E-state index contributed by atoms with van der Waals surface area (Å²) in [6, 6.07) is 0. The van der Waals surface area contributed by atoms with Crippen LogP contribution in [-0.4, -0.2) is 15.3 Å². The molecular weight excluding hydrogens is 176 g/mol. The number of aromatic nitrogens is 2. The predicted octanol–water partition coefficient (Wildman–Crippen LogP) is 2.06. The minimum Gasteiger partial charge on any atom is -0.326 e. The molecule has 0 unspecified atom stereocenters. The van der Waals surface area contributed by atoms with Crippen molar-refractivity contribution in [3.05, 3.63) is 17.7 Å². The van der Waals surface area contributed by atoms with Crippen molar-refractivity contribution < 1.29 is 4.79 Å². The summed E-state index contributed by atoms with van der Waals surface area (Å²) in [7, 11) is 0. The molecule has 0 atom stereocenters. The van der Waals surface area contributed by atoms with Crippen molar-refractivity contribution in [2.24, 2.45) is 5.92 Å². The van der Waals surface area contributed by atoms with E-state index in [9.17, 15) is 4.79 Å². The molecule has 0 saturated carbocycles. The van der Waals surface area contributed by atoms with Gasteiger partial charge in [0.25, 0.3) is 0 Å². The first-order chi connectivity index (χ1) is 6.70. The van der Waals surface area contributed by atoms with Crippen LogP contribution in [0.1, 0.15) is 43.0 Å². The van der Waals surface area contributed by atoms with E-state index in [1.807, 2.05) is 13.8 Å². The zero-order valence-electron chi connectivity index (χ0n) is 8.79. The van der Waals surface area contributed by atoms with Gasteiger partial charge in [0.15, 0.2) is 5.78 Å². The Labute approximate surface area is 84.1 Å². The van der Waals surface area contributed by atoms with Crippen molar-refractivity contribution in [3.8, 4) is 0 Å². The molecule has 1 aromatic rings. The molecule has 0 aromatic carbocycles. The first-order valence-corrected chi connectivity index (χ1v) is 5.28. The van der Waals surface area contributed by atoms with Gasteiger partial charge in [0.2, 0.25) is 0 Å². The average molecular weight is 192 g/mol. The van der Waals surface area contributed by atoms with E-state index in [2.05, 4.69) is 9.55 Å². The lowest BCUT2D eigenvalue weighted by Crippen LogP contribution is -2.18. The molecule has 2 heterocycles. The van der Waals surface area contributed by atoms with E-state index in [0.29, 0.717) is 0 Å². The van der Waals surface area contributed by atoms with Gasteiger partial charge in [-0.25, -0.2) is 4.98 Å². The van der Waals surface area contributed by atoms with Gasteiger partial charge in [0.05, 0.1) is 6.20 Å². The lowest BCUT2D eigenvalue weighted by Gasteiger charge is -2.16. The third kappa shape index (κ3) is 1.47. The second kappa shape index (κ2) is 3.56. The van der Waals surface area contributed by atoms with Crippen LogP contribution in [0, 0.1) is 5.92 Å². The number of imidazole rings is 1. The van der Waals surface area contributed by atoms with Crippen molar-refractivity contribution in [3.63, 3.8) is 0 Å². The summed E-state index contributed by atoms with van der Waals surface area (Å²) in [5.74, 6) is 1.36. The molecule has 0 fully saturated rings. The molecule has 0 aliphatic carbocycles. The number of fused-ring (bicyclic) bond motifs is 1. The smallest absolute Gasteiger partial charge is 0.183 e. The lowest BCUT2D eigenvalue weighted by atomic mass is 10.1. The van der Waals surface area contributed by atoms with Crippen molar-refractivity contribution in [2.45, 2.75) is 39.7 Å². The Bertz CT molecular complexity index is 352. The molecule has 3 nitrogen and oxygen atoms in total. The quantitative estimate of drug-likeness (QED) is 0.672. The maximum atomic E-state index is 11.8. The van der Waals surface area contributed by atoms with Gasteiger partial charge >= 0.3 is 0 Å². The normalized spacial score (nSPS) is 15.6. The maximum absolute atomic E-state index is 11.8. The van der Waals surface area contributed by atoms with Crippen LogP contribution >= 0.6 is 0 Å². The number of hydrogen-bond acceptors (Lipinski definition) is 2. The number of hydrogen-bond donors (Lipinski definition) is 0. The van der Waals surface area contributed by atoms with Gasteiger partial charge in [-0.1, -0.05) is 13.8 Å². The topological polar surface area (TPSA) is 34.9 Å². The fraction of sp³-hybridized carbons (Fsp3) is 0.636. The molecule has 1 aromatic heterocycles. The van der Waals surface area contributed by atoms with E-state index in [0.717, 1.165) is 24.5 Å². The summed E-state index contributed by atoms with van der Waals surface area (Å²) < 4.78 is 2.09. The van der Waals surface area contributed by atoms with Gasteiger partial charge in [-0.15, -0.1) is 0 Å². The van der Waals surface area contributed by atoms with E-state index < -0.39 is 0 Å². The fourth-order valence-corrected chi connectivity index (χ4v) is 1.91. The first kappa shape index (κ1) is 9.44. The van der Waals surface area contributed by atoms with E-state index in [-0.39, 0.29) is 11.7 Å². The van der Waals surface area contributed by atoms with Crippen molar-refractivity contribution in [1.29, 1.82) is 0 Å². The molecule has 0 amide bonds. The average Bonchev–Trinajstić information content (AvgIpc) is 2.60. The zero-order valence-corrected chi connectivity index (χ0v) is 8.79. The highest BCUT2D eigenvalue weighted by Crippen LogP contribution is 2.18. The summed E-state index contributed by atoms with van der Waals surface area (Å²) in [5.41, 5.74) is 0.801. The molecule has 0 N–H and O–H groups in total. The first-order valence-electron chi connectivity index (χ1n) is 5.28. The van der Waals surface area contributed by atoms with Gasteiger partial charge in [-0.2, -0.15) is 0 Å². The molecule has 1 aliphatic heterocycles. The van der Waals surface area contributed by atoms with Crippen molar-refractivity contribution in [2.75, 3.05) is 0 Å². The Morgan fingerprint density at radius 1 is 1.50 bits per heavy atom. The highest BCUT2D eigenvalue weighted by Gasteiger charge is 2.20. The van der Waals surface area contributed by atoms with Gasteiger partial charge < -0.3 is 4.57 Å². The van der Waals surface area contributed by atoms with Gasteiger partial charge in [0.1, 0.15) is 11.5 Å². The number of ketones is 1. The van der Waals surface area contributed by atoms with Crippen LogP contribution in [0.4, 0.5) is 0 Å².